The number of alkyl halides is 3. The number of nitrogens with zero attached hydrogens (tertiary/aromatic N) is 1. The lowest BCUT2D eigenvalue weighted by Gasteiger charge is -2.29. The first-order valence-electron chi connectivity index (χ1n) is 5.18. The summed E-state index contributed by atoms with van der Waals surface area (Å²) in [5.41, 5.74) is 0.251. The number of hydrogen-bond donors (Lipinski definition) is 0. The zero-order valence-corrected chi connectivity index (χ0v) is 11.1. The van der Waals surface area contributed by atoms with Gasteiger partial charge in [-0.1, -0.05) is 0 Å². The molecule has 0 amide bonds. The summed E-state index contributed by atoms with van der Waals surface area (Å²) in [7, 11) is 0. The van der Waals surface area contributed by atoms with Gasteiger partial charge in [0.2, 0.25) is 0 Å². The van der Waals surface area contributed by atoms with E-state index in [1.54, 1.807) is 28.7 Å². The maximum atomic E-state index is 12.6. The molecule has 0 atom stereocenters. The van der Waals surface area contributed by atoms with Crippen molar-refractivity contribution in [2.24, 2.45) is 0 Å². The molecule has 0 N–H and O–H groups in total. The van der Waals surface area contributed by atoms with Crippen molar-refractivity contribution < 1.29 is 17.9 Å². The number of ether oxygens (including phenoxy) is 1. The van der Waals surface area contributed by atoms with Gasteiger partial charge in [0.15, 0.2) is 0 Å². The summed E-state index contributed by atoms with van der Waals surface area (Å²) in [5.74, 6) is 0. The van der Waals surface area contributed by atoms with E-state index in [-0.39, 0.29) is 3.57 Å². The van der Waals surface area contributed by atoms with Crippen molar-refractivity contribution in [2.75, 3.05) is 31.2 Å². The van der Waals surface area contributed by atoms with Gasteiger partial charge in [-0.25, -0.2) is 0 Å². The second-order valence-electron chi connectivity index (χ2n) is 3.76. The van der Waals surface area contributed by atoms with Crippen LogP contribution in [0.2, 0.25) is 0 Å². The highest BCUT2D eigenvalue weighted by molar-refractivity contribution is 14.1. The Morgan fingerprint density at radius 1 is 1.18 bits per heavy atom. The third-order valence-corrected chi connectivity index (χ3v) is 3.53. The third-order valence-electron chi connectivity index (χ3n) is 2.63. The molecule has 0 saturated carbocycles. The topological polar surface area (TPSA) is 12.5 Å². The molecule has 6 heteroatoms. The molecule has 1 saturated heterocycles. The summed E-state index contributed by atoms with van der Waals surface area (Å²) >= 11 is 1.73. The van der Waals surface area contributed by atoms with E-state index in [1.165, 1.54) is 6.07 Å². The van der Waals surface area contributed by atoms with Gasteiger partial charge in [0.1, 0.15) is 0 Å². The third kappa shape index (κ3) is 3.04. The monoisotopic (exact) mass is 357 g/mol. The van der Waals surface area contributed by atoms with Crippen LogP contribution < -0.4 is 4.90 Å². The minimum Gasteiger partial charge on any atom is -0.378 e. The Morgan fingerprint density at radius 3 is 2.35 bits per heavy atom. The molecule has 1 fully saturated rings. The van der Waals surface area contributed by atoms with Gasteiger partial charge < -0.3 is 9.64 Å². The number of morpholine rings is 1. The Labute approximate surface area is 111 Å². The molecule has 1 aromatic rings. The van der Waals surface area contributed by atoms with Crippen molar-refractivity contribution in [3.05, 3.63) is 27.3 Å². The number of hydrogen-bond acceptors (Lipinski definition) is 2. The van der Waals surface area contributed by atoms with Crippen LogP contribution in [-0.4, -0.2) is 26.3 Å². The molecule has 1 aromatic carbocycles. The fourth-order valence-corrected chi connectivity index (χ4v) is 2.56. The maximum absolute atomic E-state index is 12.6. The van der Waals surface area contributed by atoms with Gasteiger partial charge in [-0.3, -0.25) is 0 Å². The molecule has 0 aliphatic carbocycles. The number of rotatable bonds is 1. The van der Waals surface area contributed by atoms with Crippen molar-refractivity contribution in [1.82, 2.24) is 0 Å². The molecular formula is C11H11F3INO. The van der Waals surface area contributed by atoms with Gasteiger partial charge in [-0.05, 0) is 40.8 Å². The van der Waals surface area contributed by atoms with E-state index in [2.05, 4.69) is 0 Å². The van der Waals surface area contributed by atoms with E-state index in [4.69, 9.17) is 4.74 Å². The van der Waals surface area contributed by atoms with Crippen LogP contribution in [0.15, 0.2) is 18.2 Å². The van der Waals surface area contributed by atoms with Crippen LogP contribution in [0.3, 0.4) is 0 Å². The first-order valence-corrected chi connectivity index (χ1v) is 6.26. The smallest absolute Gasteiger partial charge is 0.378 e. The van der Waals surface area contributed by atoms with E-state index < -0.39 is 11.7 Å². The molecule has 0 bridgehead atoms. The predicted molar refractivity (Wildman–Crippen MR) is 67.2 cm³/mol. The second-order valence-corrected chi connectivity index (χ2v) is 4.92. The molecule has 0 spiro atoms. The number of benzene rings is 1. The molecule has 2 nitrogen and oxygen atoms in total. The number of anilines is 1. The fourth-order valence-electron chi connectivity index (χ4n) is 1.75. The van der Waals surface area contributed by atoms with Crippen LogP contribution in [0.4, 0.5) is 18.9 Å². The maximum Gasteiger partial charge on any atom is 0.417 e. The van der Waals surface area contributed by atoms with E-state index in [9.17, 15) is 13.2 Å². The van der Waals surface area contributed by atoms with Gasteiger partial charge in [-0.15, -0.1) is 0 Å². The summed E-state index contributed by atoms with van der Waals surface area (Å²) < 4.78 is 43.2. The normalized spacial score (nSPS) is 17.3. The van der Waals surface area contributed by atoms with Crippen LogP contribution in [0.5, 0.6) is 0 Å². The van der Waals surface area contributed by atoms with Crippen molar-refractivity contribution >= 4 is 28.3 Å². The van der Waals surface area contributed by atoms with Crippen LogP contribution in [0.1, 0.15) is 5.56 Å². The first-order chi connectivity index (χ1) is 7.98. The average Bonchev–Trinajstić information content (AvgIpc) is 2.28. The fraction of sp³-hybridized carbons (Fsp3) is 0.455. The Hall–Kier alpha value is -0.500. The van der Waals surface area contributed by atoms with Crippen LogP contribution in [0, 0.1) is 3.57 Å². The predicted octanol–water partition coefficient (Wildman–Crippen LogP) is 3.15. The molecule has 0 unspecified atom stereocenters. The van der Waals surface area contributed by atoms with Crippen LogP contribution in [0.25, 0.3) is 0 Å². The molecule has 1 aliphatic rings. The highest BCUT2D eigenvalue weighted by Gasteiger charge is 2.33. The molecule has 1 heterocycles. The molecule has 1 aliphatic heterocycles. The van der Waals surface area contributed by atoms with Crippen molar-refractivity contribution in [1.29, 1.82) is 0 Å². The van der Waals surface area contributed by atoms with Gasteiger partial charge in [-0.2, -0.15) is 13.2 Å². The van der Waals surface area contributed by atoms with Crippen LogP contribution in [-0.2, 0) is 10.9 Å². The Kier molecular flexibility index (Phi) is 3.82. The minimum atomic E-state index is -4.28. The lowest BCUT2D eigenvalue weighted by atomic mass is 10.2. The highest BCUT2D eigenvalue weighted by Crippen LogP contribution is 2.34. The van der Waals surface area contributed by atoms with Crippen molar-refractivity contribution in [3.63, 3.8) is 0 Å². The first kappa shape index (κ1) is 12.9. The second kappa shape index (κ2) is 5.01. The van der Waals surface area contributed by atoms with E-state index in [1.807, 2.05) is 4.90 Å². The molecule has 0 radical (unpaired) electrons. The average molecular weight is 357 g/mol. The standard InChI is InChI=1S/C11H11F3INO/c12-11(13,14)9-2-1-8(7-10(9)15)16-3-5-17-6-4-16/h1-2,7H,3-6H2. The summed E-state index contributed by atoms with van der Waals surface area (Å²) in [6.45, 7) is 2.69. The lowest BCUT2D eigenvalue weighted by molar-refractivity contribution is -0.138. The lowest BCUT2D eigenvalue weighted by Crippen LogP contribution is -2.36. The SMILES string of the molecule is FC(F)(F)c1ccc(N2CCOCC2)cc1I. The summed E-state index contributed by atoms with van der Waals surface area (Å²) in [5, 5.41) is 0. The summed E-state index contributed by atoms with van der Waals surface area (Å²) in [6.07, 6.45) is -4.28. The summed E-state index contributed by atoms with van der Waals surface area (Å²) in [6, 6.07) is 4.25. The molecule has 0 aromatic heterocycles. The van der Waals surface area contributed by atoms with Gasteiger partial charge in [0, 0.05) is 22.3 Å². The van der Waals surface area contributed by atoms with E-state index in [0.717, 1.165) is 24.8 Å². The Morgan fingerprint density at radius 2 is 1.82 bits per heavy atom. The van der Waals surface area contributed by atoms with Gasteiger partial charge >= 0.3 is 6.18 Å². The Balaban J connectivity index is 2.24. The highest BCUT2D eigenvalue weighted by atomic mass is 127. The zero-order valence-electron chi connectivity index (χ0n) is 8.93. The van der Waals surface area contributed by atoms with Gasteiger partial charge in [0.25, 0.3) is 0 Å². The van der Waals surface area contributed by atoms with Crippen molar-refractivity contribution in [2.45, 2.75) is 6.18 Å². The van der Waals surface area contributed by atoms with Gasteiger partial charge in [0.05, 0.1) is 18.8 Å². The molecule has 94 valence electrons. The molecule has 17 heavy (non-hydrogen) atoms. The Bertz CT molecular complexity index is 402. The summed E-state index contributed by atoms with van der Waals surface area (Å²) in [4.78, 5) is 2.03. The molecule has 2 rings (SSSR count). The van der Waals surface area contributed by atoms with Crippen LogP contribution >= 0.6 is 22.6 Å². The minimum absolute atomic E-state index is 0.235. The molecular weight excluding hydrogens is 346 g/mol. The van der Waals surface area contributed by atoms with E-state index >= 15 is 0 Å². The number of halogens is 4. The largest absolute Gasteiger partial charge is 0.417 e. The van der Waals surface area contributed by atoms with E-state index in [0.29, 0.717) is 13.2 Å². The quantitative estimate of drug-likeness (QED) is 0.716. The zero-order chi connectivity index (χ0) is 12.5. The van der Waals surface area contributed by atoms with Crippen molar-refractivity contribution in [3.8, 4) is 0 Å².